The first-order chi connectivity index (χ1) is 18.1. The number of benzene rings is 3. The normalized spacial score (nSPS) is 16.1. The van der Waals surface area contributed by atoms with E-state index >= 15 is 0 Å². The van der Waals surface area contributed by atoms with Crippen molar-refractivity contribution >= 4 is 22.8 Å². The molecule has 3 aromatic rings. The topological polar surface area (TPSA) is 70.6 Å². The molecule has 1 aliphatic heterocycles. The molecule has 0 aliphatic carbocycles. The molecule has 5 nitrogen and oxygen atoms in total. The van der Waals surface area contributed by atoms with Gasteiger partial charge in [0.1, 0.15) is 22.9 Å². The molecule has 0 radical (unpaired) electrons. The molecule has 10 heteroatoms. The van der Waals surface area contributed by atoms with Gasteiger partial charge in [0.2, 0.25) is 5.91 Å². The molecule has 1 saturated heterocycles. The second kappa shape index (κ2) is 11.8. The fraction of sp³-hybridized carbons (Fsp3) is 0.321. The number of carbonyl (C=O) groups is 1. The third-order valence-corrected chi connectivity index (χ3v) is 7.69. The lowest BCUT2D eigenvalue weighted by Crippen LogP contribution is -2.39. The average Bonchev–Trinajstić information content (AvgIpc) is 2.90. The molecule has 3 aromatic carbocycles. The second-order valence-electron chi connectivity index (χ2n) is 8.93. The summed E-state index contributed by atoms with van der Waals surface area (Å²) >= 11 is -1.06. The Morgan fingerprint density at radius 1 is 1.05 bits per heavy atom. The Balaban J connectivity index is 1.45. The summed E-state index contributed by atoms with van der Waals surface area (Å²) in [4.78, 5) is 13.2. The van der Waals surface area contributed by atoms with Crippen LogP contribution in [0.25, 0.3) is 0 Å². The molecule has 1 fully saturated rings. The summed E-state index contributed by atoms with van der Waals surface area (Å²) in [6.07, 6.45) is -4.12. The minimum atomic E-state index is -4.83. The Bertz CT molecular complexity index is 1240. The van der Waals surface area contributed by atoms with Gasteiger partial charge in [0.15, 0.2) is 4.90 Å². The number of ether oxygens (including phenoxy) is 2. The lowest BCUT2D eigenvalue weighted by molar-refractivity contribution is -0.140. The van der Waals surface area contributed by atoms with Crippen molar-refractivity contribution < 1.29 is 36.4 Å². The summed E-state index contributed by atoms with van der Waals surface area (Å²) in [6, 6.07) is 16.5. The van der Waals surface area contributed by atoms with Crippen LogP contribution < -0.4 is 10.1 Å². The van der Waals surface area contributed by atoms with Crippen LogP contribution in [-0.2, 0) is 38.9 Å². The minimum absolute atomic E-state index is 0.131. The Morgan fingerprint density at radius 3 is 2.32 bits per heavy atom. The molecule has 202 valence electrons. The zero-order chi connectivity index (χ0) is 27.3. The predicted molar refractivity (Wildman–Crippen MR) is 136 cm³/mol. The number of amides is 1. The van der Waals surface area contributed by atoms with Crippen LogP contribution in [0.2, 0.25) is 0 Å². The monoisotopic (exact) mass is 549 g/mol. The highest BCUT2D eigenvalue weighted by molar-refractivity contribution is 7.91. The summed E-state index contributed by atoms with van der Waals surface area (Å²) in [5.74, 6) is -0.667. The van der Waals surface area contributed by atoms with Crippen LogP contribution in [0, 0.1) is 5.82 Å². The fourth-order valence-electron chi connectivity index (χ4n) is 4.32. The molecule has 1 unspecified atom stereocenters. The summed E-state index contributed by atoms with van der Waals surface area (Å²) in [5, 5.41) is 2.80. The number of carbonyl (C=O) groups excluding carboxylic acids is 1. The number of hydrogen-bond donors (Lipinski definition) is 1. The van der Waals surface area contributed by atoms with Gasteiger partial charge in [-0.15, -0.1) is 0 Å². The van der Waals surface area contributed by atoms with E-state index in [2.05, 4.69) is 5.32 Å². The average molecular weight is 550 g/mol. The predicted octanol–water partition coefficient (Wildman–Crippen LogP) is 6.24. The second-order valence-corrected chi connectivity index (χ2v) is 10.7. The molecule has 1 atom stereocenters. The molecule has 38 heavy (non-hydrogen) atoms. The van der Waals surface area contributed by atoms with E-state index in [1.54, 1.807) is 48.5 Å². The molecule has 1 N–H and O–H groups in total. The summed E-state index contributed by atoms with van der Waals surface area (Å²) in [5.41, 5.74) is -0.937. The maximum absolute atomic E-state index is 13.9. The molecule has 1 aliphatic rings. The van der Waals surface area contributed by atoms with E-state index in [1.807, 2.05) is 6.92 Å². The summed E-state index contributed by atoms with van der Waals surface area (Å²) < 4.78 is 77.4. The maximum Gasteiger partial charge on any atom is 0.419 e. The zero-order valence-electron chi connectivity index (χ0n) is 20.6. The van der Waals surface area contributed by atoms with Gasteiger partial charge in [-0.1, -0.05) is 18.2 Å². The zero-order valence-corrected chi connectivity index (χ0v) is 21.5. The third kappa shape index (κ3) is 6.67. The van der Waals surface area contributed by atoms with Crippen LogP contribution in [0.15, 0.2) is 71.6 Å². The van der Waals surface area contributed by atoms with Crippen molar-refractivity contribution in [3.63, 3.8) is 0 Å². The van der Waals surface area contributed by atoms with Gasteiger partial charge < -0.3 is 19.3 Å². The van der Waals surface area contributed by atoms with Gasteiger partial charge in [-0.05, 0) is 77.8 Å². The van der Waals surface area contributed by atoms with Gasteiger partial charge in [-0.2, -0.15) is 13.2 Å². The first-order valence-electron chi connectivity index (χ1n) is 12.1. The first kappa shape index (κ1) is 27.9. The highest BCUT2D eigenvalue weighted by atomic mass is 32.2. The Morgan fingerprint density at radius 2 is 1.71 bits per heavy atom. The van der Waals surface area contributed by atoms with Crippen molar-refractivity contribution in [2.45, 2.75) is 42.9 Å². The van der Waals surface area contributed by atoms with Crippen molar-refractivity contribution in [2.75, 3.05) is 24.3 Å². The summed E-state index contributed by atoms with van der Waals surface area (Å²) in [6.45, 7) is 2.40. The van der Waals surface area contributed by atoms with Crippen LogP contribution in [0.1, 0.15) is 36.5 Å². The molecule has 4 rings (SSSR count). The van der Waals surface area contributed by atoms with Gasteiger partial charge in [0.05, 0.1) is 25.2 Å². The van der Waals surface area contributed by atoms with Gasteiger partial charge in [0, 0.05) is 18.5 Å². The van der Waals surface area contributed by atoms with Crippen molar-refractivity contribution in [1.29, 1.82) is 0 Å². The smallest absolute Gasteiger partial charge is 0.419 e. The molecular weight excluding hydrogens is 522 g/mol. The Hall–Kier alpha value is -3.08. The van der Waals surface area contributed by atoms with Gasteiger partial charge in [-0.3, -0.25) is 4.79 Å². The van der Waals surface area contributed by atoms with E-state index in [0.29, 0.717) is 34.9 Å². The van der Waals surface area contributed by atoms with Gasteiger partial charge in [-0.25, -0.2) is 4.39 Å². The Kier molecular flexibility index (Phi) is 8.64. The fourth-order valence-corrected chi connectivity index (χ4v) is 5.10. The maximum atomic E-state index is 13.9. The lowest BCUT2D eigenvalue weighted by Gasteiger charge is -2.38. The standard InChI is InChI=1S/C28H27F4NO4S/c1-2-38(35)23-10-3-19(4-11-23)17-26(34)33-21-6-8-22(9-7-21)37-27(13-15-36-16-14-27)20-5-12-25(29)24(18-20)28(30,31)32/h3-12,18H,2,13-17H2,1H3,(H,33,34). The molecule has 0 saturated carbocycles. The highest BCUT2D eigenvalue weighted by Crippen LogP contribution is 2.40. The van der Waals surface area contributed by atoms with E-state index in [1.165, 1.54) is 6.07 Å². The molecule has 0 spiro atoms. The van der Waals surface area contributed by atoms with E-state index < -0.39 is 34.3 Å². The van der Waals surface area contributed by atoms with E-state index in [9.17, 15) is 26.9 Å². The highest BCUT2D eigenvalue weighted by Gasteiger charge is 2.41. The van der Waals surface area contributed by atoms with Gasteiger partial charge >= 0.3 is 6.18 Å². The van der Waals surface area contributed by atoms with Crippen molar-refractivity contribution in [3.8, 4) is 5.75 Å². The van der Waals surface area contributed by atoms with E-state index in [-0.39, 0.29) is 31.1 Å². The molecule has 0 aromatic heterocycles. The first-order valence-corrected chi connectivity index (χ1v) is 13.4. The third-order valence-electron chi connectivity index (χ3n) is 6.36. The van der Waals surface area contributed by atoms with Gasteiger partial charge in [0.25, 0.3) is 0 Å². The SMILES string of the molecule is CC[S+]([O-])c1ccc(CC(=O)Nc2ccc(OC3(c4ccc(F)c(C(F)(F)F)c4)CCOCC3)cc2)cc1. The number of alkyl halides is 3. The lowest BCUT2D eigenvalue weighted by atomic mass is 9.85. The number of rotatable bonds is 8. The molecule has 1 heterocycles. The van der Waals surface area contributed by atoms with Crippen LogP contribution in [0.4, 0.5) is 23.2 Å². The van der Waals surface area contributed by atoms with Crippen LogP contribution in [0.3, 0.4) is 0 Å². The molecular formula is C28H27F4NO4S. The summed E-state index contributed by atoms with van der Waals surface area (Å²) in [7, 11) is 0. The Labute approximate surface area is 221 Å². The quantitative estimate of drug-likeness (QED) is 0.267. The van der Waals surface area contributed by atoms with Crippen molar-refractivity contribution in [1.82, 2.24) is 0 Å². The van der Waals surface area contributed by atoms with Crippen molar-refractivity contribution in [3.05, 3.63) is 89.2 Å². The minimum Gasteiger partial charge on any atom is -0.611 e. The van der Waals surface area contributed by atoms with Crippen LogP contribution in [-0.4, -0.2) is 29.4 Å². The molecule has 0 bridgehead atoms. The number of halogens is 4. The van der Waals surface area contributed by atoms with E-state index in [0.717, 1.165) is 17.7 Å². The number of anilines is 1. The molecule has 1 amide bonds. The van der Waals surface area contributed by atoms with Crippen molar-refractivity contribution in [2.24, 2.45) is 0 Å². The van der Waals surface area contributed by atoms with Crippen LogP contribution in [0.5, 0.6) is 5.75 Å². The largest absolute Gasteiger partial charge is 0.611 e. The van der Waals surface area contributed by atoms with E-state index in [4.69, 9.17) is 9.47 Å². The number of hydrogen-bond acceptors (Lipinski definition) is 4. The van der Waals surface area contributed by atoms with Crippen LogP contribution >= 0.6 is 0 Å². The number of nitrogens with one attached hydrogen (secondary N) is 1.